The second-order valence-corrected chi connectivity index (χ2v) is 6.14. The Bertz CT molecular complexity index is 453. The van der Waals surface area contributed by atoms with Crippen LogP contribution >= 0.6 is 0 Å². The highest BCUT2D eigenvalue weighted by Gasteiger charge is 2.45. The lowest BCUT2D eigenvalue weighted by Crippen LogP contribution is -2.05. The van der Waals surface area contributed by atoms with Gasteiger partial charge in [0.1, 0.15) is 0 Å². The molecule has 0 unspecified atom stereocenters. The van der Waals surface area contributed by atoms with Crippen LogP contribution in [0.3, 0.4) is 0 Å². The normalized spacial score (nSPS) is 26.1. The highest BCUT2D eigenvalue weighted by molar-refractivity contribution is 7.91. The lowest BCUT2D eigenvalue weighted by Gasteiger charge is -2.00. The largest absolute Gasteiger partial charge is 0.399 e. The van der Waals surface area contributed by atoms with E-state index in [0.717, 1.165) is 12.0 Å². The Morgan fingerprint density at radius 1 is 1.43 bits per heavy atom. The maximum Gasteiger partial charge on any atom is 0.150 e. The summed E-state index contributed by atoms with van der Waals surface area (Å²) in [5, 5.41) is -0.190. The fourth-order valence-electron chi connectivity index (χ4n) is 1.79. The van der Waals surface area contributed by atoms with Crippen molar-refractivity contribution >= 4 is 15.5 Å². The molecule has 3 nitrogen and oxygen atoms in total. The first-order valence-electron chi connectivity index (χ1n) is 4.53. The Morgan fingerprint density at radius 2 is 2.14 bits per heavy atom. The first kappa shape index (κ1) is 9.52. The van der Waals surface area contributed by atoms with Gasteiger partial charge in [0.15, 0.2) is 9.84 Å². The first-order chi connectivity index (χ1) is 6.48. The predicted octanol–water partition coefficient (Wildman–Crippen LogP) is 1.17. The van der Waals surface area contributed by atoms with Gasteiger partial charge in [-0.1, -0.05) is 12.1 Å². The van der Waals surface area contributed by atoms with Crippen LogP contribution in [0.5, 0.6) is 0 Å². The van der Waals surface area contributed by atoms with Crippen molar-refractivity contribution in [1.82, 2.24) is 0 Å². The van der Waals surface area contributed by atoms with Crippen molar-refractivity contribution in [2.45, 2.75) is 17.6 Å². The van der Waals surface area contributed by atoms with E-state index in [1.807, 2.05) is 18.2 Å². The molecule has 1 aromatic carbocycles. The van der Waals surface area contributed by atoms with Crippen LogP contribution in [0.2, 0.25) is 0 Å². The second kappa shape index (κ2) is 2.98. The van der Waals surface area contributed by atoms with E-state index in [9.17, 15) is 8.42 Å². The zero-order valence-electron chi connectivity index (χ0n) is 7.97. The number of nitrogen functional groups attached to an aromatic ring is 1. The van der Waals surface area contributed by atoms with Crippen LogP contribution in [-0.4, -0.2) is 19.9 Å². The smallest absolute Gasteiger partial charge is 0.150 e. The molecule has 1 aromatic rings. The second-order valence-electron chi connectivity index (χ2n) is 3.88. The van der Waals surface area contributed by atoms with Gasteiger partial charge in [0.05, 0.1) is 5.25 Å². The number of nitrogens with two attached hydrogens (primary N) is 1. The molecular weight excluding hydrogens is 198 g/mol. The fraction of sp³-hybridized carbons (Fsp3) is 0.400. The molecule has 4 heteroatoms. The molecule has 2 N–H and O–H groups in total. The quantitative estimate of drug-likeness (QED) is 0.747. The lowest BCUT2D eigenvalue weighted by atomic mass is 10.1. The van der Waals surface area contributed by atoms with Gasteiger partial charge < -0.3 is 5.73 Å². The minimum atomic E-state index is -2.88. The Hall–Kier alpha value is -1.03. The summed E-state index contributed by atoms with van der Waals surface area (Å²) in [6.45, 7) is 0. The summed E-state index contributed by atoms with van der Waals surface area (Å²) in [6.07, 6.45) is 2.03. The number of benzene rings is 1. The zero-order valence-corrected chi connectivity index (χ0v) is 8.79. The van der Waals surface area contributed by atoms with Crippen LogP contribution in [0.15, 0.2) is 24.3 Å². The SMILES string of the molecule is CS(=O)(=O)[C@@H]1C[C@H]1c1cccc(N)c1. The van der Waals surface area contributed by atoms with Crippen LogP contribution in [-0.2, 0) is 9.84 Å². The summed E-state index contributed by atoms with van der Waals surface area (Å²) >= 11 is 0. The molecule has 0 aromatic heterocycles. The number of hydrogen-bond acceptors (Lipinski definition) is 3. The third kappa shape index (κ3) is 1.75. The first-order valence-corrected chi connectivity index (χ1v) is 6.48. The molecule has 2 atom stereocenters. The molecule has 0 radical (unpaired) electrons. The summed E-state index contributed by atoms with van der Waals surface area (Å²) in [7, 11) is -2.88. The maximum absolute atomic E-state index is 11.2. The van der Waals surface area contributed by atoms with E-state index in [1.165, 1.54) is 6.26 Å². The molecular formula is C10H13NO2S. The average molecular weight is 211 g/mol. The van der Waals surface area contributed by atoms with Crippen LogP contribution in [0.4, 0.5) is 5.69 Å². The Kier molecular flexibility index (Phi) is 2.03. The van der Waals surface area contributed by atoms with Crippen LogP contribution in [0.1, 0.15) is 17.9 Å². The molecule has 0 heterocycles. The van der Waals surface area contributed by atoms with Crippen molar-refractivity contribution in [2.75, 3.05) is 12.0 Å². The van der Waals surface area contributed by atoms with Gasteiger partial charge in [0.25, 0.3) is 0 Å². The van der Waals surface area contributed by atoms with Gasteiger partial charge in [-0.2, -0.15) is 0 Å². The minimum absolute atomic E-state index is 0.161. The molecule has 2 rings (SSSR count). The number of rotatable bonds is 2. The van der Waals surface area contributed by atoms with Gasteiger partial charge in [-0.3, -0.25) is 0 Å². The monoisotopic (exact) mass is 211 g/mol. The fourth-order valence-corrected chi connectivity index (χ4v) is 3.10. The van der Waals surface area contributed by atoms with Crippen molar-refractivity contribution in [1.29, 1.82) is 0 Å². The molecule has 0 saturated heterocycles. The summed E-state index contributed by atoms with van der Waals surface area (Å²) in [6, 6.07) is 7.46. The van der Waals surface area contributed by atoms with E-state index in [4.69, 9.17) is 5.73 Å². The predicted molar refractivity (Wildman–Crippen MR) is 56.8 cm³/mol. The van der Waals surface area contributed by atoms with E-state index in [2.05, 4.69) is 0 Å². The molecule has 0 aliphatic heterocycles. The summed E-state index contributed by atoms with van der Waals surface area (Å²) in [5.41, 5.74) is 7.37. The minimum Gasteiger partial charge on any atom is -0.399 e. The van der Waals surface area contributed by atoms with Gasteiger partial charge >= 0.3 is 0 Å². The van der Waals surface area contributed by atoms with E-state index in [1.54, 1.807) is 6.07 Å². The standard InChI is InChI=1S/C10H13NO2S/c1-14(12,13)10-6-9(10)7-3-2-4-8(11)5-7/h2-5,9-10H,6,11H2,1H3/t9-,10+/m0/s1. The molecule has 0 bridgehead atoms. The Balaban J connectivity index is 2.22. The van der Waals surface area contributed by atoms with Crippen LogP contribution in [0.25, 0.3) is 0 Å². The maximum atomic E-state index is 11.2. The van der Waals surface area contributed by atoms with Crippen LogP contribution in [0, 0.1) is 0 Å². The van der Waals surface area contributed by atoms with Gasteiger partial charge in [-0.25, -0.2) is 8.42 Å². The van der Waals surface area contributed by atoms with Crippen LogP contribution < -0.4 is 5.73 Å². The number of anilines is 1. The summed E-state index contributed by atoms with van der Waals surface area (Å²) in [4.78, 5) is 0. The lowest BCUT2D eigenvalue weighted by molar-refractivity contribution is 0.600. The number of sulfone groups is 1. The molecule has 1 aliphatic carbocycles. The van der Waals surface area contributed by atoms with E-state index >= 15 is 0 Å². The van der Waals surface area contributed by atoms with E-state index < -0.39 is 9.84 Å². The van der Waals surface area contributed by atoms with Crippen molar-refractivity contribution < 1.29 is 8.42 Å². The molecule has 1 saturated carbocycles. The Labute approximate surface area is 83.9 Å². The zero-order chi connectivity index (χ0) is 10.3. The summed E-state index contributed by atoms with van der Waals surface area (Å²) < 4.78 is 22.5. The molecule has 0 amide bonds. The molecule has 0 spiro atoms. The van der Waals surface area contributed by atoms with Crippen molar-refractivity contribution in [2.24, 2.45) is 0 Å². The summed E-state index contributed by atoms with van der Waals surface area (Å²) in [5.74, 6) is 0.161. The topological polar surface area (TPSA) is 60.2 Å². The third-order valence-electron chi connectivity index (χ3n) is 2.62. The molecule has 1 fully saturated rings. The third-order valence-corrected chi connectivity index (χ3v) is 4.24. The van der Waals surface area contributed by atoms with Gasteiger partial charge in [-0.05, 0) is 24.1 Å². The Morgan fingerprint density at radius 3 is 2.64 bits per heavy atom. The highest BCUT2D eigenvalue weighted by atomic mass is 32.2. The highest BCUT2D eigenvalue weighted by Crippen LogP contribution is 2.45. The van der Waals surface area contributed by atoms with E-state index in [-0.39, 0.29) is 11.2 Å². The van der Waals surface area contributed by atoms with Crippen molar-refractivity contribution in [3.05, 3.63) is 29.8 Å². The van der Waals surface area contributed by atoms with Gasteiger partial charge in [0, 0.05) is 17.9 Å². The van der Waals surface area contributed by atoms with Crippen molar-refractivity contribution in [3.8, 4) is 0 Å². The van der Waals surface area contributed by atoms with E-state index in [0.29, 0.717) is 5.69 Å². The number of hydrogen-bond donors (Lipinski definition) is 1. The van der Waals surface area contributed by atoms with Gasteiger partial charge in [-0.15, -0.1) is 0 Å². The molecule has 76 valence electrons. The molecule has 1 aliphatic rings. The van der Waals surface area contributed by atoms with Gasteiger partial charge in [0.2, 0.25) is 0 Å². The molecule has 14 heavy (non-hydrogen) atoms. The van der Waals surface area contributed by atoms with Crippen molar-refractivity contribution in [3.63, 3.8) is 0 Å². The average Bonchev–Trinajstić information content (AvgIpc) is 2.81.